The Kier molecular flexibility index (Phi) is 3.86. The maximum Gasteiger partial charge on any atom is 0.322 e. The predicted molar refractivity (Wildman–Crippen MR) is 83.1 cm³/mol. The number of anilines is 1. The molecule has 0 aliphatic carbocycles. The first kappa shape index (κ1) is 13.6. The van der Waals surface area contributed by atoms with Crippen LogP contribution in [-0.4, -0.2) is 22.5 Å². The number of nitrogens with zero attached hydrogens (tertiary/aromatic N) is 2. The molecule has 4 heteroatoms. The van der Waals surface area contributed by atoms with E-state index in [1.807, 2.05) is 17.0 Å². The number of likely N-dealkylation sites (tertiary alicyclic amines) is 1. The number of amides is 2. The van der Waals surface area contributed by atoms with E-state index in [1.54, 1.807) is 12.4 Å². The van der Waals surface area contributed by atoms with E-state index in [2.05, 4.69) is 41.5 Å². The van der Waals surface area contributed by atoms with Crippen LogP contribution in [0.1, 0.15) is 30.0 Å². The highest BCUT2D eigenvalue weighted by atomic mass is 16.2. The van der Waals surface area contributed by atoms with Crippen LogP contribution < -0.4 is 5.32 Å². The Hall–Kier alpha value is -2.36. The number of benzene rings is 1. The summed E-state index contributed by atoms with van der Waals surface area (Å²) in [5, 5.41) is 2.92. The van der Waals surface area contributed by atoms with E-state index in [9.17, 15) is 4.79 Å². The van der Waals surface area contributed by atoms with Crippen molar-refractivity contribution in [1.82, 2.24) is 9.88 Å². The topological polar surface area (TPSA) is 45.2 Å². The van der Waals surface area contributed by atoms with Gasteiger partial charge in [-0.25, -0.2) is 4.79 Å². The monoisotopic (exact) mass is 281 g/mol. The fraction of sp³-hybridized carbons (Fsp3) is 0.294. The van der Waals surface area contributed by atoms with Crippen LogP contribution in [0.4, 0.5) is 10.5 Å². The van der Waals surface area contributed by atoms with Crippen LogP contribution in [0, 0.1) is 6.92 Å². The van der Waals surface area contributed by atoms with Gasteiger partial charge in [0.15, 0.2) is 0 Å². The van der Waals surface area contributed by atoms with Gasteiger partial charge in [-0.1, -0.05) is 29.8 Å². The summed E-state index contributed by atoms with van der Waals surface area (Å²) in [5.41, 5.74) is 3.18. The minimum Gasteiger partial charge on any atom is -0.317 e. The van der Waals surface area contributed by atoms with Gasteiger partial charge in [-0.05, 0) is 37.5 Å². The normalized spacial score (nSPS) is 17.8. The molecule has 1 aliphatic heterocycles. The van der Waals surface area contributed by atoms with Gasteiger partial charge in [-0.2, -0.15) is 0 Å². The molecular formula is C17H19N3O. The molecule has 2 amide bonds. The molecule has 108 valence electrons. The van der Waals surface area contributed by atoms with Crippen molar-refractivity contribution in [3.8, 4) is 0 Å². The van der Waals surface area contributed by atoms with Gasteiger partial charge in [-0.15, -0.1) is 0 Å². The van der Waals surface area contributed by atoms with Crippen molar-refractivity contribution in [3.63, 3.8) is 0 Å². The maximum absolute atomic E-state index is 12.5. The molecule has 0 radical (unpaired) electrons. The third-order valence-corrected chi connectivity index (χ3v) is 3.85. The molecular weight excluding hydrogens is 262 g/mol. The van der Waals surface area contributed by atoms with Crippen LogP contribution in [-0.2, 0) is 0 Å². The van der Waals surface area contributed by atoms with Crippen molar-refractivity contribution in [3.05, 3.63) is 59.9 Å². The first-order valence-electron chi connectivity index (χ1n) is 7.28. The number of hydrogen-bond donors (Lipinski definition) is 1. The van der Waals surface area contributed by atoms with Crippen molar-refractivity contribution in [2.75, 3.05) is 11.9 Å². The first-order valence-corrected chi connectivity index (χ1v) is 7.28. The number of pyridine rings is 1. The van der Waals surface area contributed by atoms with E-state index < -0.39 is 0 Å². The highest BCUT2D eigenvalue weighted by Crippen LogP contribution is 2.32. The fourth-order valence-corrected chi connectivity index (χ4v) is 2.87. The minimum atomic E-state index is -0.0491. The molecule has 2 heterocycles. The predicted octanol–water partition coefficient (Wildman–Crippen LogP) is 3.76. The van der Waals surface area contributed by atoms with E-state index >= 15 is 0 Å². The molecule has 0 saturated carbocycles. The lowest BCUT2D eigenvalue weighted by atomic mass is 10.0. The van der Waals surface area contributed by atoms with Gasteiger partial charge in [0.2, 0.25) is 0 Å². The van der Waals surface area contributed by atoms with E-state index in [0.29, 0.717) is 0 Å². The molecule has 1 fully saturated rings. The highest BCUT2D eigenvalue weighted by Gasteiger charge is 2.29. The van der Waals surface area contributed by atoms with Gasteiger partial charge in [0.25, 0.3) is 0 Å². The van der Waals surface area contributed by atoms with Crippen molar-refractivity contribution in [2.24, 2.45) is 0 Å². The summed E-state index contributed by atoms with van der Waals surface area (Å²) in [6.45, 7) is 2.88. The molecule has 21 heavy (non-hydrogen) atoms. The summed E-state index contributed by atoms with van der Waals surface area (Å²) in [4.78, 5) is 18.4. The summed E-state index contributed by atoms with van der Waals surface area (Å²) < 4.78 is 0. The standard InChI is InChI=1S/C17H19N3O/c1-13-5-2-6-14(11-13)16-8-4-10-20(16)17(21)19-15-7-3-9-18-12-15/h2-3,5-7,9,11-12,16H,4,8,10H2,1H3,(H,19,21). The van der Waals surface area contributed by atoms with Crippen molar-refractivity contribution < 1.29 is 4.79 Å². The molecule has 3 rings (SSSR count). The Morgan fingerprint density at radius 3 is 3.00 bits per heavy atom. The average Bonchev–Trinajstić information content (AvgIpc) is 2.98. The van der Waals surface area contributed by atoms with Gasteiger partial charge in [-0.3, -0.25) is 4.98 Å². The summed E-state index contributed by atoms with van der Waals surface area (Å²) in [7, 11) is 0. The summed E-state index contributed by atoms with van der Waals surface area (Å²) in [5.74, 6) is 0. The highest BCUT2D eigenvalue weighted by molar-refractivity contribution is 5.89. The largest absolute Gasteiger partial charge is 0.322 e. The average molecular weight is 281 g/mol. The molecule has 1 N–H and O–H groups in total. The molecule has 1 aromatic carbocycles. The first-order chi connectivity index (χ1) is 10.2. The Balaban J connectivity index is 1.76. The lowest BCUT2D eigenvalue weighted by Crippen LogP contribution is -2.34. The van der Waals surface area contributed by atoms with Gasteiger partial charge in [0.05, 0.1) is 17.9 Å². The molecule has 0 spiro atoms. The maximum atomic E-state index is 12.5. The third-order valence-electron chi connectivity index (χ3n) is 3.85. The van der Waals surface area contributed by atoms with Gasteiger partial charge in [0, 0.05) is 12.7 Å². The summed E-state index contributed by atoms with van der Waals surface area (Å²) >= 11 is 0. The number of urea groups is 1. The number of aryl methyl sites for hydroxylation is 1. The number of aromatic nitrogens is 1. The Morgan fingerprint density at radius 2 is 2.24 bits per heavy atom. The zero-order chi connectivity index (χ0) is 14.7. The number of nitrogens with one attached hydrogen (secondary N) is 1. The van der Waals surface area contributed by atoms with Crippen molar-refractivity contribution in [1.29, 1.82) is 0 Å². The fourth-order valence-electron chi connectivity index (χ4n) is 2.87. The Labute approximate surface area is 124 Å². The lowest BCUT2D eigenvalue weighted by molar-refractivity contribution is 0.207. The van der Waals surface area contributed by atoms with E-state index in [1.165, 1.54) is 11.1 Å². The SMILES string of the molecule is Cc1cccc(C2CCCN2C(=O)Nc2cccnc2)c1. The van der Waals surface area contributed by atoms with Crippen LogP contribution in [0.5, 0.6) is 0 Å². The molecule has 1 aliphatic rings. The van der Waals surface area contributed by atoms with Crippen LogP contribution in [0.2, 0.25) is 0 Å². The quantitative estimate of drug-likeness (QED) is 0.911. The van der Waals surface area contributed by atoms with Gasteiger partial charge >= 0.3 is 6.03 Å². The third kappa shape index (κ3) is 3.05. The minimum absolute atomic E-state index is 0.0491. The van der Waals surface area contributed by atoms with Crippen LogP contribution in [0.15, 0.2) is 48.8 Å². The molecule has 1 aromatic heterocycles. The van der Waals surface area contributed by atoms with Crippen LogP contribution in [0.25, 0.3) is 0 Å². The molecule has 1 atom stereocenters. The zero-order valence-electron chi connectivity index (χ0n) is 12.1. The number of carbonyl (C=O) groups is 1. The second-order valence-corrected chi connectivity index (χ2v) is 5.44. The molecule has 2 aromatic rings. The molecule has 4 nitrogen and oxygen atoms in total. The van der Waals surface area contributed by atoms with Crippen LogP contribution >= 0.6 is 0 Å². The van der Waals surface area contributed by atoms with E-state index in [4.69, 9.17) is 0 Å². The van der Waals surface area contributed by atoms with E-state index in [0.717, 1.165) is 25.1 Å². The van der Waals surface area contributed by atoms with Crippen LogP contribution in [0.3, 0.4) is 0 Å². The van der Waals surface area contributed by atoms with E-state index in [-0.39, 0.29) is 12.1 Å². The second-order valence-electron chi connectivity index (χ2n) is 5.44. The zero-order valence-corrected chi connectivity index (χ0v) is 12.1. The number of rotatable bonds is 2. The number of carbonyl (C=O) groups excluding carboxylic acids is 1. The molecule has 1 unspecified atom stereocenters. The number of hydrogen-bond acceptors (Lipinski definition) is 2. The van der Waals surface area contributed by atoms with Gasteiger partial charge in [0.1, 0.15) is 0 Å². The second kappa shape index (κ2) is 5.95. The summed E-state index contributed by atoms with van der Waals surface area (Å²) in [6.07, 6.45) is 5.42. The Bertz CT molecular complexity index is 627. The van der Waals surface area contributed by atoms with Crippen molar-refractivity contribution >= 4 is 11.7 Å². The molecule has 0 bridgehead atoms. The smallest absolute Gasteiger partial charge is 0.317 e. The van der Waals surface area contributed by atoms with Crippen molar-refractivity contribution in [2.45, 2.75) is 25.8 Å². The summed E-state index contributed by atoms with van der Waals surface area (Å²) in [6, 6.07) is 12.2. The lowest BCUT2D eigenvalue weighted by Gasteiger charge is -2.25. The molecule has 1 saturated heterocycles. The Morgan fingerprint density at radius 1 is 1.33 bits per heavy atom. The van der Waals surface area contributed by atoms with Gasteiger partial charge < -0.3 is 10.2 Å².